The Kier molecular flexibility index (Phi) is 3.64. The zero-order chi connectivity index (χ0) is 16.4. The van der Waals surface area contributed by atoms with Gasteiger partial charge in [0.25, 0.3) is 0 Å². The summed E-state index contributed by atoms with van der Waals surface area (Å²) < 4.78 is 39.7. The van der Waals surface area contributed by atoms with Crippen molar-refractivity contribution in [3.63, 3.8) is 0 Å². The Morgan fingerprint density at radius 2 is 1.74 bits per heavy atom. The summed E-state index contributed by atoms with van der Waals surface area (Å²) in [4.78, 5) is 12.2. The van der Waals surface area contributed by atoms with Crippen LogP contribution in [-0.2, 0) is 13.1 Å². The minimum atomic E-state index is -4.48. The van der Waals surface area contributed by atoms with Gasteiger partial charge < -0.3 is 0 Å². The van der Waals surface area contributed by atoms with Gasteiger partial charge in [-0.1, -0.05) is 18.2 Å². The highest BCUT2D eigenvalue weighted by atomic mass is 19.4. The minimum absolute atomic E-state index is 0.149. The van der Waals surface area contributed by atoms with Gasteiger partial charge in [0.05, 0.1) is 5.69 Å². The van der Waals surface area contributed by atoms with Gasteiger partial charge in [-0.15, -0.1) is 5.10 Å². The molecule has 3 rings (SSSR count). The van der Waals surface area contributed by atoms with Gasteiger partial charge in [-0.05, 0) is 33.0 Å². The van der Waals surface area contributed by atoms with Crippen molar-refractivity contribution in [1.82, 2.24) is 40.0 Å². The maximum Gasteiger partial charge on any atom is 0.408 e. The molecule has 0 aliphatic heterocycles. The van der Waals surface area contributed by atoms with Crippen LogP contribution in [-0.4, -0.2) is 46.2 Å². The molecule has 0 saturated heterocycles. The lowest BCUT2D eigenvalue weighted by Gasteiger charge is -2.07. The molecule has 0 amide bonds. The smallest absolute Gasteiger partial charge is 0.244 e. The quantitative estimate of drug-likeness (QED) is 0.671. The van der Waals surface area contributed by atoms with E-state index in [2.05, 4.69) is 26.0 Å². The molecule has 0 bridgehead atoms. The Bertz CT molecular complexity index is 850. The van der Waals surface area contributed by atoms with Crippen LogP contribution in [0.15, 0.2) is 35.1 Å². The molecule has 0 spiro atoms. The monoisotopic (exact) mass is 326 g/mol. The summed E-state index contributed by atoms with van der Waals surface area (Å²) in [7, 11) is 0. The second-order valence-corrected chi connectivity index (χ2v) is 4.53. The van der Waals surface area contributed by atoms with E-state index in [0.717, 1.165) is 9.36 Å². The average molecular weight is 326 g/mol. The van der Waals surface area contributed by atoms with Crippen LogP contribution in [0.3, 0.4) is 0 Å². The van der Waals surface area contributed by atoms with E-state index in [1.807, 2.05) is 0 Å². The lowest BCUT2D eigenvalue weighted by Crippen LogP contribution is -2.27. The van der Waals surface area contributed by atoms with E-state index in [-0.39, 0.29) is 12.4 Å². The maximum absolute atomic E-state index is 12.4. The summed E-state index contributed by atoms with van der Waals surface area (Å²) in [6.45, 7) is -1.67. The molecule has 2 heterocycles. The molecule has 0 saturated carbocycles. The number of aromatic nitrogens is 8. The van der Waals surface area contributed by atoms with Crippen LogP contribution in [0.2, 0.25) is 0 Å². The van der Waals surface area contributed by atoms with Gasteiger partial charge in [-0.3, -0.25) is 0 Å². The van der Waals surface area contributed by atoms with Crippen LogP contribution in [0.4, 0.5) is 13.2 Å². The standard InChI is InChI=1S/C11H9F3N8O/c12-11(13,14)7-21-9(15-16-17-21)6-20-10(23)22(19-18-20)8-4-2-1-3-5-8/h1-5H,6-7H2. The molecular formula is C11H9F3N8O. The third-order valence-corrected chi connectivity index (χ3v) is 2.87. The first kappa shape index (κ1) is 14.9. The number of hydrogen-bond acceptors (Lipinski definition) is 6. The predicted molar refractivity (Wildman–Crippen MR) is 68.6 cm³/mol. The van der Waals surface area contributed by atoms with E-state index in [9.17, 15) is 18.0 Å². The Morgan fingerprint density at radius 1 is 1.00 bits per heavy atom. The predicted octanol–water partition coefficient (Wildman–Crippen LogP) is 0.0261. The molecular weight excluding hydrogens is 317 g/mol. The number of alkyl halides is 3. The zero-order valence-electron chi connectivity index (χ0n) is 11.4. The van der Waals surface area contributed by atoms with Crippen molar-refractivity contribution in [2.45, 2.75) is 19.3 Å². The molecule has 0 aliphatic carbocycles. The van der Waals surface area contributed by atoms with Crippen molar-refractivity contribution in [1.29, 1.82) is 0 Å². The maximum atomic E-state index is 12.4. The van der Waals surface area contributed by atoms with Crippen molar-refractivity contribution in [2.24, 2.45) is 0 Å². The number of hydrogen-bond donors (Lipinski definition) is 0. The van der Waals surface area contributed by atoms with Gasteiger partial charge in [0.15, 0.2) is 5.82 Å². The Balaban J connectivity index is 1.87. The van der Waals surface area contributed by atoms with Crippen LogP contribution in [0.25, 0.3) is 5.69 Å². The van der Waals surface area contributed by atoms with E-state index >= 15 is 0 Å². The van der Waals surface area contributed by atoms with E-state index in [0.29, 0.717) is 10.4 Å². The fourth-order valence-corrected chi connectivity index (χ4v) is 1.87. The van der Waals surface area contributed by atoms with E-state index in [1.165, 1.54) is 0 Å². The topological polar surface area (TPSA) is 96.3 Å². The average Bonchev–Trinajstić information content (AvgIpc) is 3.07. The molecule has 0 unspecified atom stereocenters. The summed E-state index contributed by atoms with van der Waals surface area (Å²) in [6.07, 6.45) is -4.48. The number of tetrazole rings is 2. The van der Waals surface area contributed by atoms with Gasteiger partial charge in [0.2, 0.25) is 0 Å². The molecule has 12 heteroatoms. The molecule has 9 nitrogen and oxygen atoms in total. The summed E-state index contributed by atoms with van der Waals surface area (Å²) in [5, 5.41) is 17.3. The normalized spacial score (nSPS) is 11.8. The lowest BCUT2D eigenvalue weighted by atomic mass is 10.3. The highest BCUT2D eigenvalue weighted by molar-refractivity contribution is 5.28. The van der Waals surface area contributed by atoms with Crippen LogP contribution in [0.5, 0.6) is 0 Å². The van der Waals surface area contributed by atoms with Crippen LogP contribution < -0.4 is 5.69 Å². The summed E-state index contributed by atoms with van der Waals surface area (Å²) >= 11 is 0. The minimum Gasteiger partial charge on any atom is -0.244 e. The van der Waals surface area contributed by atoms with Crippen LogP contribution in [0, 0.1) is 0 Å². The third kappa shape index (κ3) is 3.25. The zero-order valence-corrected chi connectivity index (χ0v) is 11.4. The molecule has 120 valence electrons. The number of rotatable bonds is 4. The highest BCUT2D eigenvalue weighted by Crippen LogP contribution is 2.17. The first-order valence-electron chi connectivity index (χ1n) is 6.34. The molecule has 0 fully saturated rings. The number of halogens is 3. The fraction of sp³-hybridized carbons (Fsp3) is 0.273. The van der Waals surface area contributed by atoms with Crippen molar-refractivity contribution in [2.75, 3.05) is 0 Å². The molecule has 0 N–H and O–H groups in total. The van der Waals surface area contributed by atoms with Crippen LogP contribution in [0.1, 0.15) is 5.82 Å². The van der Waals surface area contributed by atoms with Crippen molar-refractivity contribution < 1.29 is 13.2 Å². The largest absolute Gasteiger partial charge is 0.408 e. The molecule has 1 aromatic carbocycles. The van der Waals surface area contributed by atoms with Gasteiger partial charge in [0.1, 0.15) is 13.1 Å². The molecule has 23 heavy (non-hydrogen) atoms. The van der Waals surface area contributed by atoms with E-state index < -0.39 is 18.4 Å². The van der Waals surface area contributed by atoms with Crippen molar-refractivity contribution in [3.05, 3.63) is 46.6 Å². The third-order valence-electron chi connectivity index (χ3n) is 2.87. The van der Waals surface area contributed by atoms with Gasteiger partial charge in [-0.2, -0.15) is 22.5 Å². The lowest BCUT2D eigenvalue weighted by molar-refractivity contribution is -0.143. The second-order valence-electron chi connectivity index (χ2n) is 4.53. The highest BCUT2D eigenvalue weighted by Gasteiger charge is 2.30. The molecule has 0 radical (unpaired) electrons. The first-order valence-corrected chi connectivity index (χ1v) is 6.34. The number of benzene rings is 1. The summed E-state index contributed by atoms with van der Waals surface area (Å²) in [6, 6.07) is 8.49. The molecule has 0 aliphatic rings. The molecule has 2 aromatic heterocycles. The molecule has 3 aromatic rings. The Labute approximate surface area is 125 Å². The number of para-hydroxylation sites is 1. The second kappa shape index (κ2) is 5.62. The van der Waals surface area contributed by atoms with Crippen molar-refractivity contribution in [3.8, 4) is 5.69 Å². The van der Waals surface area contributed by atoms with Gasteiger partial charge in [0, 0.05) is 0 Å². The summed E-state index contributed by atoms with van der Waals surface area (Å²) in [5.41, 5.74) is -0.128. The first-order chi connectivity index (χ1) is 10.9. The molecule has 0 atom stereocenters. The fourth-order valence-electron chi connectivity index (χ4n) is 1.87. The van der Waals surface area contributed by atoms with Crippen LogP contribution >= 0.6 is 0 Å². The van der Waals surface area contributed by atoms with Gasteiger partial charge in [-0.25, -0.2) is 9.48 Å². The Hall–Kier alpha value is -3.05. The van der Waals surface area contributed by atoms with E-state index in [1.54, 1.807) is 30.3 Å². The van der Waals surface area contributed by atoms with Crippen molar-refractivity contribution >= 4 is 0 Å². The number of nitrogens with zero attached hydrogens (tertiary/aromatic N) is 8. The summed E-state index contributed by atoms with van der Waals surface area (Å²) in [5.74, 6) is -0.149. The SMILES string of the molecule is O=c1n(Cc2nnnn2CC(F)(F)F)nnn1-c1ccccc1. The van der Waals surface area contributed by atoms with Gasteiger partial charge >= 0.3 is 11.9 Å². The Morgan fingerprint density at radius 3 is 2.43 bits per heavy atom. The van der Waals surface area contributed by atoms with E-state index in [4.69, 9.17) is 0 Å².